The van der Waals surface area contributed by atoms with Gasteiger partial charge in [0.05, 0.1) is 15.2 Å². The Balaban J connectivity index is 1.67. The maximum absolute atomic E-state index is 11.9. The van der Waals surface area contributed by atoms with Crippen LogP contribution in [-0.2, 0) is 11.2 Å². The molecule has 0 atom stereocenters. The molecule has 0 bridgehead atoms. The van der Waals surface area contributed by atoms with E-state index in [1.54, 1.807) is 11.3 Å². The van der Waals surface area contributed by atoms with E-state index < -0.39 is 0 Å². The summed E-state index contributed by atoms with van der Waals surface area (Å²) in [4.78, 5) is 18.8. The molecule has 120 valence electrons. The van der Waals surface area contributed by atoms with Gasteiger partial charge in [0.2, 0.25) is 5.91 Å². The second kappa shape index (κ2) is 8.86. The summed E-state index contributed by atoms with van der Waals surface area (Å²) in [6, 6.07) is 8.10. The molecule has 1 amide bonds. The average Bonchev–Trinajstić information content (AvgIpc) is 2.96. The van der Waals surface area contributed by atoms with Gasteiger partial charge in [0.25, 0.3) is 0 Å². The van der Waals surface area contributed by atoms with Gasteiger partial charge in [-0.1, -0.05) is 26.0 Å². The van der Waals surface area contributed by atoms with Gasteiger partial charge in [0.15, 0.2) is 0 Å². The number of aryl methyl sites for hydroxylation is 1. The van der Waals surface area contributed by atoms with Crippen LogP contribution in [0.15, 0.2) is 24.3 Å². The number of fused-ring (bicyclic) bond motifs is 1. The smallest absolute Gasteiger partial charge is 0.220 e. The number of amides is 1. The summed E-state index contributed by atoms with van der Waals surface area (Å²) in [6.07, 6.45) is 2.25. The predicted molar refractivity (Wildman–Crippen MR) is 93.4 cm³/mol. The van der Waals surface area contributed by atoms with Gasteiger partial charge in [0.1, 0.15) is 0 Å². The van der Waals surface area contributed by atoms with Gasteiger partial charge in [-0.2, -0.15) is 0 Å². The third-order valence-electron chi connectivity index (χ3n) is 3.77. The van der Waals surface area contributed by atoms with Crippen LogP contribution in [0, 0.1) is 0 Å². The van der Waals surface area contributed by atoms with Crippen molar-refractivity contribution < 1.29 is 4.79 Å². The molecule has 1 N–H and O–H groups in total. The maximum atomic E-state index is 11.9. The lowest BCUT2D eigenvalue weighted by Crippen LogP contribution is -2.30. The van der Waals surface area contributed by atoms with Crippen molar-refractivity contribution in [2.24, 2.45) is 0 Å². The minimum atomic E-state index is 0.124. The molecule has 1 aromatic carbocycles. The van der Waals surface area contributed by atoms with Gasteiger partial charge in [-0.25, -0.2) is 4.98 Å². The molecular weight excluding hydrogens is 294 g/mol. The van der Waals surface area contributed by atoms with Crippen molar-refractivity contribution in [2.45, 2.75) is 33.1 Å². The Morgan fingerprint density at radius 2 is 2.05 bits per heavy atom. The van der Waals surface area contributed by atoms with Gasteiger partial charge in [-0.3, -0.25) is 4.79 Å². The summed E-state index contributed by atoms with van der Waals surface area (Å²) >= 11 is 1.68. The molecule has 2 rings (SSSR count). The van der Waals surface area contributed by atoms with Crippen LogP contribution in [0.3, 0.4) is 0 Å². The van der Waals surface area contributed by atoms with Crippen molar-refractivity contribution in [3.05, 3.63) is 29.3 Å². The first-order valence-electron chi connectivity index (χ1n) is 8.06. The molecule has 0 saturated heterocycles. The summed E-state index contributed by atoms with van der Waals surface area (Å²) in [6.45, 7) is 8.28. The Kier molecular flexibility index (Phi) is 6.80. The highest BCUT2D eigenvalue weighted by Gasteiger charge is 2.07. The molecule has 0 aliphatic rings. The van der Waals surface area contributed by atoms with E-state index in [0.29, 0.717) is 6.42 Å². The topological polar surface area (TPSA) is 45.2 Å². The number of nitrogens with one attached hydrogen (secondary N) is 1. The lowest BCUT2D eigenvalue weighted by atomic mass is 10.3. The highest BCUT2D eigenvalue weighted by molar-refractivity contribution is 7.18. The van der Waals surface area contributed by atoms with Crippen LogP contribution in [0.4, 0.5) is 0 Å². The first-order chi connectivity index (χ1) is 10.7. The van der Waals surface area contributed by atoms with Crippen LogP contribution < -0.4 is 5.32 Å². The average molecular weight is 319 g/mol. The van der Waals surface area contributed by atoms with E-state index in [1.807, 2.05) is 18.2 Å². The van der Waals surface area contributed by atoms with E-state index >= 15 is 0 Å². The Morgan fingerprint density at radius 3 is 2.77 bits per heavy atom. The number of hydrogen-bond acceptors (Lipinski definition) is 4. The van der Waals surface area contributed by atoms with Crippen LogP contribution in [-0.4, -0.2) is 42.0 Å². The van der Waals surface area contributed by atoms with Crippen molar-refractivity contribution in [1.29, 1.82) is 0 Å². The number of thiazole rings is 1. The third-order valence-corrected chi connectivity index (χ3v) is 4.87. The van der Waals surface area contributed by atoms with Crippen molar-refractivity contribution in [3.63, 3.8) is 0 Å². The van der Waals surface area contributed by atoms with Crippen LogP contribution in [0.5, 0.6) is 0 Å². The van der Waals surface area contributed by atoms with Crippen molar-refractivity contribution in [1.82, 2.24) is 15.2 Å². The normalized spacial score (nSPS) is 11.2. The quantitative estimate of drug-likeness (QED) is 0.723. The Morgan fingerprint density at radius 1 is 1.27 bits per heavy atom. The molecule has 0 fully saturated rings. The Hall–Kier alpha value is -1.46. The standard InChI is InChI=1S/C17H25N3OS/c1-3-20(4-2)13-7-12-18-16(21)10-11-17-19-14-8-5-6-9-15(14)22-17/h5-6,8-9H,3-4,7,10-13H2,1-2H3,(H,18,21). The van der Waals surface area contributed by atoms with E-state index in [-0.39, 0.29) is 5.91 Å². The number of benzene rings is 1. The first-order valence-corrected chi connectivity index (χ1v) is 8.88. The molecule has 4 nitrogen and oxygen atoms in total. The van der Waals surface area contributed by atoms with Gasteiger partial charge >= 0.3 is 0 Å². The monoisotopic (exact) mass is 319 g/mol. The molecular formula is C17H25N3OS. The summed E-state index contributed by atoms with van der Waals surface area (Å²) in [5.41, 5.74) is 1.03. The Labute approximate surface area is 136 Å². The largest absolute Gasteiger partial charge is 0.356 e. The molecule has 0 aliphatic heterocycles. The number of aromatic nitrogens is 1. The summed E-state index contributed by atoms with van der Waals surface area (Å²) in [5.74, 6) is 0.124. The summed E-state index contributed by atoms with van der Waals surface area (Å²) < 4.78 is 1.19. The Bertz CT molecular complexity index is 559. The van der Waals surface area contributed by atoms with Crippen LogP contribution in [0.25, 0.3) is 10.2 Å². The molecule has 22 heavy (non-hydrogen) atoms. The minimum absolute atomic E-state index is 0.124. The molecule has 1 heterocycles. The summed E-state index contributed by atoms with van der Waals surface area (Å²) in [5, 5.41) is 4.04. The van der Waals surface area contributed by atoms with Crippen molar-refractivity contribution in [3.8, 4) is 0 Å². The fourth-order valence-electron chi connectivity index (χ4n) is 2.41. The fraction of sp³-hybridized carbons (Fsp3) is 0.529. The molecule has 0 saturated carbocycles. The van der Waals surface area contributed by atoms with Gasteiger partial charge < -0.3 is 10.2 Å². The zero-order valence-electron chi connectivity index (χ0n) is 13.5. The second-order valence-corrected chi connectivity index (χ2v) is 6.42. The summed E-state index contributed by atoms with van der Waals surface area (Å²) in [7, 11) is 0. The number of hydrogen-bond donors (Lipinski definition) is 1. The first kappa shape index (κ1) is 16.9. The highest BCUT2D eigenvalue weighted by Crippen LogP contribution is 2.22. The second-order valence-electron chi connectivity index (χ2n) is 5.31. The lowest BCUT2D eigenvalue weighted by molar-refractivity contribution is -0.121. The van der Waals surface area contributed by atoms with Gasteiger partial charge in [-0.05, 0) is 38.2 Å². The lowest BCUT2D eigenvalue weighted by Gasteiger charge is -2.17. The zero-order chi connectivity index (χ0) is 15.8. The molecule has 5 heteroatoms. The molecule has 2 aromatic rings. The molecule has 1 aromatic heterocycles. The van der Waals surface area contributed by atoms with E-state index in [9.17, 15) is 4.79 Å². The number of carbonyl (C=O) groups excluding carboxylic acids is 1. The fourth-order valence-corrected chi connectivity index (χ4v) is 3.37. The number of rotatable bonds is 9. The maximum Gasteiger partial charge on any atom is 0.220 e. The molecule has 0 aliphatic carbocycles. The van der Waals surface area contributed by atoms with Crippen molar-refractivity contribution in [2.75, 3.05) is 26.2 Å². The molecule has 0 radical (unpaired) electrons. The number of para-hydroxylation sites is 1. The number of nitrogens with zero attached hydrogens (tertiary/aromatic N) is 2. The van der Waals surface area contributed by atoms with Crippen molar-refractivity contribution >= 4 is 27.5 Å². The van der Waals surface area contributed by atoms with Crippen LogP contribution >= 0.6 is 11.3 Å². The third kappa shape index (κ3) is 5.07. The van der Waals surface area contributed by atoms with E-state index in [1.165, 1.54) is 4.70 Å². The van der Waals surface area contributed by atoms with Crippen LogP contribution in [0.1, 0.15) is 31.7 Å². The highest BCUT2D eigenvalue weighted by atomic mass is 32.1. The van der Waals surface area contributed by atoms with Gasteiger partial charge in [0, 0.05) is 19.4 Å². The zero-order valence-corrected chi connectivity index (χ0v) is 14.3. The number of carbonyl (C=O) groups is 1. The minimum Gasteiger partial charge on any atom is -0.356 e. The predicted octanol–water partition coefficient (Wildman–Crippen LogP) is 3.08. The molecule has 0 unspecified atom stereocenters. The SMILES string of the molecule is CCN(CC)CCCNC(=O)CCc1nc2ccccc2s1. The van der Waals surface area contributed by atoms with E-state index in [2.05, 4.69) is 35.1 Å². The van der Waals surface area contributed by atoms with E-state index in [4.69, 9.17) is 0 Å². The van der Waals surface area contributed by atoms with Gasteiger partial charge in [-0.15, -0.1) is 11.3 Å². The molecule has 0 spiro atoms. The van der Waals surface area contributed by atoms with Crippen LogP contribution in [0.2, 0.25) is 0 Å². The van der Waals surface area contributed by atoms with E-state index in [0.717, 1.165) is 49.5 Å².